The van der Waals surface area contributed by atoms with Gasteiger partial charge in [-0.15, -0.1) is 0 Å². The molecule has 1 aromatic rings. The van der Waals surface area contributed by atoms with E-state index >= 15 is 0 Å². The molecular weight excluding hydrogens is 274 g/mol. The van der Waals surface area contributed by atoms with E-state index in [9.17, 15) is 0 Å². The highest BCUT2D eigenvalue weighted by atomic mass is 79.9. The minimum absolute atomic E-state index is 0.475. The summed E-state index contributed by atoms with van der Waals surface area (Å²) in [6.45, 7) is 2.34. The third-order valence-corrected chi connectivity index (χ3v) is 4.94. The van der Waals surface area contributed by atoms with Crippen molar-refractivity contribution in [2.75, 3.05) is 7.05 Å². The predicted molar refractivity (Wildman–Crippen MR) is 77.1 cm³/mol. The lowest BCUT2D eigenvalue weighted by Crippen LogP contribution is -2.34. The number of hydrogen-bond donors (Lipinski definition) is 1. The van der Waals surface area contributed by atoms with E-state index in [1.807, 2.05) is 0 Å². The van der Waals surface area contributed by atoms with Gasteiger partial charge in [-0.1, -0.05) is 47.8 Å². The van der Waals surface area contributed by atoms with Crippen LogP contribution in [0.25, 0.3) is 0 Å². The minimum atomic E-state index is 0.475. The van der Waals surface area contributed by atoms with Crippen LogP contribution in [0, 0.1) is 5.41 Å². The van der Waals surface area contributed by atoms with Gasteiger partial charge in [-0.05, 0) is 49.4 Å². The Morgan fingerprint density at radius 2 is 1.82 bits per heavy atom. The van der Waals surface area contributed by atoms with E-state index < -0.39 is 0 Å². The maximum atomic E-state index is 3.56. The first-order chi connectivity index (χ1) is 8.22. The van der Waals surface area contributed by atoms with Crippen LogP contribution in [-0.4, -0.2) is 7.05 Å². The summed E-state index contributed by atoms with van der Waals surface area (Å²) in [5, 5.41) is 3.56. The molecule has 1 unspecified atom stereocenters. The van der Waals surface area contributed by atoms with Crippen LogP contribution >= 0.6 is 15.9 Å². The summed E-state index contributed by atoms with van der Waals surface area (Å²) in [6.07, 6.45) is 6.79. The molecule has 0 bridgehead atoms. The van der Waals surface area contributed by atoms with Crippen LogP contribution in [0.3, 0.4) is 0 Å². The first-order valence-corrected chi connectivity index (χ1v) is 7.44. The van der Waals surface area contributed by atoms with Gasteiger partial charge >= 0.3 is 0 Å². The zero-order valence-corrected chi connectivity index (χ0v) is 12.4. The van der Waals surface area contributed by atoms with Crippen molar-refractivity contribution in [3.8, 4) is 0 Å². The molecule has 1 fully saturated rings. The van der Waals surface area contributed by atoms with Crippen molar-refractivity contribution < 1.29 is 0 Å². The first-order valence-electron chi connectivity index (χ1n) is 6.64. The summed E-state index contributed by atoms with van der Waals surface area (Å²) >= 11 is 3.51. The Labute approximate surface area is 113 Å². The van der Waals surface area contributed by atoms with E-state index in [1.165, 1.54) is 37.7 Å². The molecule has 0 aliphatic heterocycles. The Morgan fingerprint density at radius 1 is 1.24 bits per heavy atom. The van der Waals surface area contributed by atoms with Gasteiger partial charge in [0.15, 0.2) is 0 Å². The van der Waals surface area contributed by atoms with Crippen LogP contribution in [0.15, 0.2) is 28.7 Å². The average molecular weight is 296 g/mol. The second-order valence-corrected chi connectivity index (χ2v) is 6.11. The Balaban J connectivity index is 2.28. The van der Waals surface area contributed by atoms with Crippen LogP contribution in [0.1, 0.15) is 50.6 Å². The molecule has 1 saturated carbocycles. The van der Waals surface area contributed by atoms with E-state index in [4.69, 9.17) is 0 Å². The predicted octanol–water partition coefficient (Wildman–Crippen LogP) is 4.68. The molecule has 1 N–H and O–H groups in total. The number of halogens is 1. The van der Waals surface area contributed by atoms with Gasteiger partial charge in [0.25, 0.3) is 0 Å². The maximum absolute atomic E-state index is 3.56. The fraction of sp³-hybridized carbons (Fsp3) is 0.600. The van der Waals surface area contributed by atoms with Gasteiger partial charge in [-0.3, -0.25) is 0 Å². The molecule has 0 radical (unpaired) electrons. The Hall–Kier alpha value is -0.340. The molecule has 17 heavy (non-hydrogen) atoms. The summed E-state index contributed by atoms with van der Waals surface area (Å²) in [4.78, 5) is 0. The lowest BCUT2D eigenvalue weighted by Gasteiger charge is -2.37. The van der Waals surface area contributed by atoms with Crippen molar-refractivity contribution in [1.29, 1.82) is 0 Å². The lowest BCUT2D eigenvalue weighted by molar-refractivity contribution is 0.195. The maximum Gasteiger partial charge on any atom is 0.0374 e. The zero-order valence-electron chi connectivity index (χ0n) is 10.8. The van der Waals surface area contributed by atoms with Crippen molar-refractivity contribution >= 4 is 15.9 Å². The molecule has 2 heteroatoms. The van der Waals surface area contributed by atoms with Gasteiger partial charge in [-0.2, -0.15) is 0 Å². The zero-order chi connectivity index (χ0) is 12.3. The van der Waals surface area contributed by atoms with Crippen molar-refractivity contribution in [2.24, 2.45) is 5.41 Å². The minimum Gasteiger partial charge on any atom is -0.313 e. The van der Waals surface area contributed by atoms with Gasteiger partial charge < -0.3 is 5.32 Å². The van der Waals surface area contributed by atoms with E-state index in [0.29, 0.717) is 11.5 Å². The molecule has 1 atom stereocenters. The lowest BCUT2D eigenvalue weighted by atomic mass is 9.73. The number of rotatable bonds is 4. The van der Waals surface area contributed by atoms with E-state index in [1.54, 1.807) is 0 Å². The van der Waals surface area contributed by atoms with Crippen LogP contribution in [0.4, 0.5) is 0 Å². The van der Waals surface area contributed by atoms with Crippen molar-refractivity contribution in [1.82, 2.24) is 5.32 Å². The molecule has 0 saturated heterocycles. The van der Waals surface area contributed by atoms with Gasteiger partial charge in [-0.25, -0.2) is 0 Å². The molecule has 0 amide bonds. The largest absolute Gasteiger partial charge is 0.313 e. The Bertz CT molecular complexity index is 352. The molecule has 1 nitrogen and oxygen atoms in total. The molecule has 1 aromatic carbocycles. The highest BCUT2D eigenvalue weighted by Gasteiger charge is 2.39. The second-order valence-electron chi connectivity index (χ2n) is 5.20. The monoisotopic (exact) mass is 295 g/mol. The SMILES string of the molecule is CCC1(C(NC)c2ccc(Br)cc2)CCCC1. The molecule has 0 spiro atoms. The Morgan fingerprint density at radius 3 is 2.29 bits per heavy atom. The normalized spacial score (nSPS) is 20.4. The molecule has 2 rings (SSSR count). The Kier molecular flexibility index (Phi) is 4.26. The highest BCUT2D eigenvalue weighted by Crippen LogP contribution is 2.49. The molecular formula is C15H22BrN. The number of benzene rings is 1. The second kappa shape index (κ2) is 5.53. The van der Waals surface area contributed by atoms with Crippen LogP contribution in [-0.2, 0) is 0 Å². The fourth-order valence-electron chi connectivity index (χ4n) is 3.41. The number of hydrogen-bond acceptors (Lipinski definition) is 1. The van der Waals surface area contributed by atoms with Gasteiger partial charge in [0.1, 0.15) is 0 Å². The van der Waals surface area contributed by atoms with Gasteiger partial charge in [0, 0.05) is 10.5 Å². The smallest absolute Gasteiger partial charge is 0.0374 e. The van der Waals surface area contributed by atoms with Crippen LogP contribution in [0.5, 0.6) is 0 Å². The highest BCUT2D eigenvalue weighted by molar-refractivity contribution is 9.10. The van der Waals surface area contributed by atoms with Crippen molar-refractivity contribution in [2.45, 2.75) is 45.1 Å². The molecule has 1 aliphatic rings. The summed E-state index contributed by atoms with van der Waals surface area (Å²) in [5.74, 6) is 0. The van der Waals surface area contributed by atoms with Crippen molar-refractivity contribution in [3.63, 3.8) is 0 Å². The molecule has 0 aromatic heterocycles. The van der Waals surface area contributed by atoms with E-state index in [-0.39, 0.29) is 0 Å². The fourth-order valence-corrected chi connectivity index (χ4v) is 3.67. The van der Waals surface area contributed by atoms with Gasteiger partial charge in [0.2, 0.25) is 0 Å². The summed E-state index contributed by atoms with van der Waals surface area (Å²) in [5.41, 5.74) is 1.90. The molecule has 1 aliphatic carbocycles. The summed E-state index contributed by atoms with van der Waals surface area (Å²) < 4.78 is 1.16. The summed E-state index contributed by atoms with van der Waals surface area (Å²) in [7, 11) is 2.10. The topological polar surface area (TPSA) is 12.0 Å². The third-order valence-electron chi connectivity index (χ3n) is 4.41. The molecule has 0 heterocycles. The average Bonchev–Trinajstić information content (AvgIpc) is 2.82. The van der Waals surface area contributed by atoms with Gasteiger partial charge in [0.05, 0.1) is 0 Å². The first kappa shape index (κ1) is 13.1. The quantitative estimate of drug-likeness (QED) is 0.850. The van der Waals surface area contributed by atoms with Crippen LogP contribution in [0.2, 0.25) is 0 Å². The van der Waals surface area contributed by atoms with Crippen LogP contribution < -0.4 is 5.32 Å². The summed E-state index contributed by atoms with van der Waals surface area (Å²) in [6, 6.07) is 9.31. The molecule has 94 valence electrons. The van der Waals surface area contributed by atoms with Crippen molar-refractivity contribution in [3.05, 3.63) is 34.3 Å². The standard InChI is InChI=1S/C15H22BrN/c1-3-15(10-4-5-11-15)14(17-2)12-6-8-13(16)9-7-12/h6-9,14,17H,3-5,10-11H2,1-2H3. The van der Waals surface area contributed by atoms with E-state index in [0.717, 1.165) is 4.47 Å². The number of nitrogens with one attached hydrogen (secondary N) is 1. The van der Waals surface area contributed by atoms with E-state index in [2.05, 4.69) is 59.5 Å². The third kappa shape index (κ3) is 2.58.